The van der Waals surface area contributed by atoms with Crippen LogP contribution >= 0.6 is 0 Å². The Bertz CT molecular complexity index is 1280. The number of piperidine rings is 1. The van der Waals surface area contributed by atoms with Crippen LogP contribution in [0.15, 0.2) is 36.4 Å². The van der Waals surface area contributed by atoms with Gasteiger partial charge in [0.1, 0.15) is 17.4 Å². The number of hydrogen-bond donors (Lipinski definition) is 0. The summed E-state index contributed by atoms with van der Waals surface area (Å²) in [5.74, 6) is -3.75. The summed E-state index contributed by atoms with van der Waals surface area (Å²) in [6.07, 6.45) is 3.49. The van der Waals surface area contributed by atoms with Gasteiger partial charge in [-0.15, -0.1) is 0 Å². The maximum Gasteiger partial charge on any atom is 0.257 e. The largest absolute Gasteiger partial charge is 0.438 e. The van der Waals surface area contributed by atoms with Gasteiger partial charge in [-0.1, -0.05) is 0 Å². The molecule has 0 saturated carbocycles. The van der Waals surface area contributed by atoms with Gasteiger partial charge in [-0.3, -0.25) is 4.79 Å². The number of amides is 1. The number of aromatic nitrogens is 2. The van der Waals surface area contributed by atoms with Crippen LogP contribution in [-0.4, -0.2) is 40.4 Å². The zero-order valence-corrected chi connectivity index (χ0v) is 18.7. The van der Waals surface area contributed by atoms with Crippen LogP contribution < -0.4 is 9.64 Å². The highest BCUT2D eigenvalue weighted by atomic mass is 19.2. The molecule has 2 aromatic carbocycles. The Hall–Kier alpha value is -3.69. The van der Waals surface area contributed by atoms with E-state index in [1.54, 1.807) is 0 Å². The molecule has 0 N–H and O–H groups in total. The highest BCUT2D eigenvalue weighted by Crippen LogP contribution is 2.33. The molecule has 0 aliphatic carbocycles. The molecule has 0 spiro atoms. The van der Waals surface area contributed by atoms with E-state index < -0.39 is 29.2 Å². The van der Waals surface area contributed by atoms with Gasteiger partial charge in [-0.05, 0) is 43.5 Å². The molecule has 3 aromatic rings. The summed E-state index contributed by atoms with van der Waals surface area (Å²) in [6.45, 7) is 1.86. The third-order valence-electron chi connectivity index (χ3n) is 6.20. The smallest absolute Gasteiger partial charge is 0.257 e. The summed E-state index contributed by atoms with van der Waals surface area (Å²) < 4.78 is 60.6. The summed E-state index contributed by atoms with van der Waals surface area (Å²) >= 11 is 0. The lowest BCUT2D eigenvalue weighted by molar-refractivity contribution is 0.0727. The molecule has 1 amide bonds. The van der Waals surface area contributed by atoms with E-state index in [1.807, 2.05) is 4.90 Å². The second kappa shape index (κ2) is 9.52. The first-order valence-corrected chi connectivity index (χ1v) is 11.4. The predicted octanol–water partition coefficient (Wildman–Crippen LogP) is 5.01. The Kier molecular flexibility index (Phi) is 6.27. The number of benzene rings is 2. The molecule has 0 radical (unpaired) electrons. The first-order valence-electron chi connectivity index (χ1n) is 11.4. The fraction of sp³-hybridized carbons (Fsp3) is 0.320. The van der Waals surface area contributed by atoms with Crippen molar-refractivity contribution in [1.82, 2.24) is 14.9 Å². The number of ether oxygens (including phenoxy) is 1. The van der Waals surface area contributed by atoms with Crippen molar-refractivity contribution < 1.29 is 27.1 Å². The number of hydrogen-bond acceptors (Lipinski definition) is 5. The minimum Gasteiger partial charge on any atom is -0.438 e. The van der Waals surface area contributed by atoms with Gasteiger partial charge in [0.05, 0.1) is 23.4 Å². The summed E-state index contributed by atoms with van der Waals surface area (Å²) in [7, 11) is 0. The lowest BCUT2D eigenvalue weighted by Crippen LogP contribution is -2.38. The summed E-state index contributed by atoms with van der Waals surface area (Å²) in [4.78, 5) is 25.7. The molecule has 2 aliphatic heterocycles. The molecule has 0 atom stereocenters. The molecule has 0 bridgehead atoms. The molecule has 6 nitrogen and oxygen atoms in total. The standard InChI is InChI=1S/C25H22F4N4O2/c26-15-4-6-17(20(28)12-15)24(34)33-11-8-22-18(14-33)23(35-16-5-7-19(27)21(29)13-16)31-25(30-22)32-9-2-1-3-10-32/h4-7,12-13H,1-3,8-11,14H2. The predicted molar refractivity (Wildman–Crippen MR) is 119 cm³/mol. The van der Waals surface area contributed by atoms with Crippen molar-refractivity contribution in [2.75, 3.05) is 24.5 Å². The number of rotatable bonds is 4. The number of halogens is 4. The maximum absolute atomic E-state index is 14.2. The molecule has 3 heterocycles. The van der Waals surface area contributed by atoms with Crippen molar-refractivity contribution in [2.24, 2.45) is 0 Å². The second-order valence-electron chi connectivity index (χ2n) is 8.58. The SMILES string of the molecule is O=C(c1ccc(F)cc1F)N1CCc2nc(N3CCCCC3)nc(Oc3ccc(F)c(F)c3)c2C1. The average molecular weight is 486 g/mol. The topological polar surface area (TPSA) is 58.6 Å². The van der Waals surface area contributed by atoms with Gasteiger partial charge in [-0.2, -0.15) is 4.98 Å². The molecular weight excluding hydrogens is 464 g/mol. The van der Waals surface area contributed by atoms with Crippen LogP contribution in [0.5, 0.6) is 11.6 Å². The van der Waals surface area contributed by atoms with E-state index in [0.717, 1.165) is 56.6 Å². The van der Waals surface area contributed by atoms with Crippen LogP contribution in [0.1, 0.15) is 40.9 Å². The monoisotopic (exact) mass is 486 g/mol. The van der Waals surface area contributed by atoms with Crippen molar-refractivity contribution in [2.45, 2.75) is 32.2 Å². The molecule has 2 aliphatic rings. The van der Waals surface area contributed by atoms with Gasteiger partial charge < -0.3 is 14.5 Å². The van der Waals surface area contributed by atoms with E-state index in [2.05, 4.69) is 4.98 Å². The zero-order valence-electron chi connectivity index (χ0n) is 18.7. The molecule has 5 rings (SSSR count). The normalized spacial score (nSPS) is 15.7. The Labute approximate surface area is 199 Å². The summed E-state index contributed by atoms with van der Waals surface area (Å²) in [5, 5.41) is 0. The third kappa shape index (κ3) is 4.78. The molecule has 35 heavy (non-hydrogen) atoms. The average Bonchev–Trinajstić information content (AvgIpc) is 2.86. The number of carbonyl (C=O) groups is 1. The van der Waals surface area contributed by atoms with Gasteiger partial charge in [0.2, 0.25) is 11.8 Å². The lowest BCUT2D eigenvalue weighted by atomic mass is 10.0. The molecule has 10 heteroatoms. The van der Waals surface area contributed by atoms with Crippen LogP contribution in [-0.2, 0) is 13.0 Å². The van der Waals surface area contributed by atoms with Crippen LogP contribution in [0, 0.1) is 23.3 Å². The van der Waals surface area contributed by atoms with E-state index >= 15 is 0 Å². The van der Waals surface area contributed by atoms with Crippen molar-refractivity contribution in [3.8, 4) is 11.6 Å². The van der Waals surface area contributed by atoms with Crippen molar-refractivity contribution >= 4 is 11.9 Å². The van der Waals surface area contributed by atoms with Crippen molar-refractivity contribution in [3.05, 3.63) is 76.5 Å². The van der Waals surface area contributed by atoms with Gasteiger partial charge in [0.15, 0.2) is 11.6 Å². The Morgan fingerprint density at radius 1 is 0.857 bits per heavy atom. The van der Waals surface area contributed by atoms with Crippen LogP contribution in [0.3, 0.4) is 0 Å². The second-order valence-corrected chi connectivity index (χ2v) is 8.58. The first kappa shape index (κ1) is 23.1. The first-order chi connectivity index (χ1) is 16.9. The highest BCUT2D eigenvalue weighted by Gasteiger charge is 2.30. The molecule has 182 valence electrons. The quantitative estimate of drug-likeness (QED) is 0.485. The number of fused-ring (bicyclic) bond motifs is 1. The van der Waals surface area contributed by atoms with E-state index in [4.69, 9.17) is 9.72 Å². The van der Waals surface area contributed by atoms with E-state index in [-0.39, 0.29) is 30.3 Å². The van der Waals surface area contributed by atoms with E-state index in [9.17, 15) is 22.4 Å². The number of carbonyl (C=O) groups excluding carboxylic acids is 1. The van der Waals surface area contributed by atoms with Crippen molar-refractivity contribution in [3.63, 3.8) is 0 Å². The third-order valence-corrected chi connectivity index (χ3v) is 6.20. The Morgan fingerprint density at radius 3 is 2.40 bits per heavy atom. The molecular formula is C25H22F4N4O2. The Morgan fingerprint density at radius 2 is 1.66 bits per heavy atom. The molecule has 0 unspecified atom stereocenters. The van der Waals surface area contributed by atoms with Crippen molar-refractivity contribution in [1.29, 1.82) is 0 Å². The van der Waals surface area contributed by atoms with E-state index in [1.165, 1.54) is 11.0 Å². The number of anilines is 1. The van der Waals surface area contributed by atoms with E-state index in [0.29, 0.717) is 29.7 Å². The molecule has 1 fully saturated rings. The molecule has 1 saturated heterocycles. The molecule has 1 aromatic heterocycles. The van der Waals surface area contributed by atoms with Gasteiger partial charge in [-0.25, -0.2) is 22.5 Å². The minimum absolute atomic E-state index is 0.0181. The lowest BCUT2D eigenvalue weighted by Gasteiger charge is -2.32. The fourth-order valence-electron chi connectivity index (χ4n) is 4.35. The fourth-order valence-corrected chi connectivity index (χ4v) is 4.35. The minimum atomic E-state index is -1.06. The van der Waals surface area contributed by atoms with Crippen LogP contribution in [0.2, 0.25) is 0 Å². The zero-order chi connectivity index (χ0) is 24.5. The van der Waals surface area contributed by atoms with Gasteiger partial charge >= 0.3 is 0 Å². The highest BCUT2D eigenvalue weighted by molar-refractivity contribution is 5.94. The Balaban J connectivity index is 1.49. The van der Waals surface area contributed by atoms with Gasteiger partial charge in [0, 0.05) is 38.2 Å². The van der Waals surface area contributed by atoms with Crippen LogP contribution in [0.25, 0.3) is 0 Å². The van der Waals surface area contributed by atoms with Crippen LogP contribution in [0.4, 0.5) is 23.5 Å². The summed E-state index contributed by atoms with van der Waals surface area (Å²) in [6, 6.07) is 5.96. The number of nitrogens with zero attached hydrogens (tertiary/aromatic N) is 4. The van der Waals surface area contributed by atoms with Gasteiger partial charge in [0.25, 0.3) is 5.91 Å². The summed E-state index contributed by atoms with van der Waals surface area (Å²) in [5.41, 5.74) is 0.920. The maximum atomic E-state index is 14.2.